The maximum absolute atomic E-state index is 6.51. The zero-order valence-electron chi connectivity index (χ0n) is 24.7. The highest BCUT2D eigenvalue weighted by molar-refractivity contribution is 6.12. The van der Waals surface area contributed by atoms with Crippen LogP contribution < -0.4 is 4.90 Å². The number of anilines is 2. The van der Waals surface area contributed by atoms with Crippen molar-refractivity contribution in [3.63, 3.8) is 0 Å². The van der Waals surface area contributed by atoms with Crippen molar-refractivity contribution in [2.45, 2.75) is 24.8 Å². The van der Waals surface area contributed by atoms with E-state index < -0.39 is 0 Å². The summed E-state index contributed by atoms with van der Waals surface area (Å²) in [6, 6.07) is 39.8. The largest absolute Gasteiger partial charge is 0.454 e. The number of hydrogen-bond donors (Lipinski definition) is 0. The van der Waals surface area contributed by atoms with Gasteiger partial charge in [-0.3, -0.25) is 0 Å². The minimum absolute atomic E-state index is 0.168. The van der Waals surface area contributed by atoms with E-state index >= 15 is 0 Å². The van der Waals surface area contributed by atoms with Crippen LogP contribution in [0.4, 0.5) is 11.4 Å². The van der Waals surface area contributed by atoms with Crippen molar-refractivity contribution in [2.75, 3.05) is 4.90 Å². The first-order valence-corrected chi connectivity index (χ1v) is 15.9. The first-order chi connectivity index (χ1) is 22.3. The van der Waals surface area contributed by atoms with E-state index in [0.717, 1.165) is 40.5 Å². The van der Waals surface area contributed by atoms with Gasteiger partial charge in [0.1, 0.15) is 5.58 Å². The molecule has 0 saturated heterocycles. The molecular weight excluding hydrogens is 548 g/mol. The molecule has 0 amide bonds. The van der Waals surface area contributed by atoms with Crippen LogP contribution in [0.25, 0.3) is 55.0 Å². The lowest BCUT2D eigenvalue weighted by Gasteiger charge is -2.29. The van der Waals surface area contributed by atoms with Gasteiger partial charge < -0.3 is 13.9 Å². The van der Waals surface area contributed by atoms with Crippen molar-refractivity contribution in [3.8, 4) is 0 Å². The molecule has 10 rings (SSSR count). The van der Waals surface area contributed by atoms with E-state index in [4.69, 9.17) is 4.42 Å². The van der Waals surface area contributed by atoms with Crippen LogP contribution in [0.5, 0.6) is 0 Å². The Bertz CT molecular complexity index is 2460. The third-order valence-electron chi connectivity index (χ3n) is 9.98. The number of fused-ring (bicyclic) bond motifs is 9. The fraction of sp³-hybridized carbons (Fsp3) is 0.0952. The first-order valence-electron chi connectivity index (χ1n) is 15.9. The molecule has 0 radical (unpaired) electrons. The summed E-state index contributed by atoms with van der Waals surface area (Å²) in [4.78, 5) is 2.48. The lowest BCUT2D eigenvalue weighted by atomic mass is 9.86. The number of para-hydroxylation sites is 4. The summed E-state index contributed by atoms with van der Waals surface area (Å²) in [5, 5.41) is 4.93. The highest BCUT2D eigenvalue weighted by Gasteiger charge is 2.39. The molecule has 0 N–H and O–H groups in total. The lowest BCUT2D eigenvalue weighted by Crippen LogP contribution is -2.29. The molecule has 2 aromatic heterocycles. The average molecular weight is 579 g/mol. The maximum Gasteiger partial charge on any atom is 0.159 e. The van der Waals surface area contributed by atoms with Gasteiger partial charge in [0.05, 0.1) is 22.8 Å². The zero-order chi connectivity index (χ0) is 29.5. The maximum atomic E-state index is 6.51. The average Bonchev–Trinajstić information content (AvgIpc) is 3.76. The molecule has 3 heterocycles. The topological polar surface area (TPSA) is 21.3 Å². The predicted octanol–water partition coefficient (Wildman–Crippen LogP) is 11.1. The molecular formula is C42H30N2O. The number of hydrogen-bond acceptors (Lipinski definition) is 2. The number of furan rings is 1. The van der Waals surface area contributed by atoms with Crippen molar-refractivity contribution in [1.82, 2.24) is 4.57 Å². The molecule has 2 unspecified atom stereocenters. The van der Waals surface area contributed by atoms with Crippen LogP contribution in [0.2, 0.25) is 0 Å². The summed E-state index contributed by atoms with van der Waals surface area (Å²) in [6.07, 6.45) is 16.1. The Hall–Kier alpha value is -5.54. The molecule has 0 bridgehead atoms. The third kappa shape index (κ3) is 3.58. The van der Waals surface area contributed by atoms with Crippen molar-refractivity contribution in [1.29, 1.82) is 0 Å². The van der Waals surface area contributed by atoms with Gasteiger partial charge in [-0.15, -0.1) is 0 Å². The number of nitrogens with zero attached hydrogens (tertiary/aromatic N) is 2. The van der Waals surface area contributed by atoms with Crippen molar-refractivity contribution in [2.24, 2.45) is 0 Å². The lowest BCUT2D eigenvalue weighted by molar-refractivity contribution is 0.664. The van der Waals surface area contributed by atoms with Gasteiger partial charge in [-0.1, -0.05) is 103 Å². The van der Waals surface area contributed by atoms with Crippen LogP contribution in [0, 0.1) is 0 Å². The number of rotatable bonds is 3. The van der Waals surface area contributed by atoms with Crippen LogP contribution in [0.3, 0.4) is 0 Å². The molecule has 45 heavy (non-hydrogen) atoms. The van der Waals surface area contributed by atoms with Crippen LogP contribution in [0.15, 0.2) is 150 Å². The summed E-state index contributed by atoms with van der Waals surface area (Å²) >= 11 is 0. The van der Waals surface area contributed by atoms with Gasteiger partial charge in [-0.05, 0) is 72.0 Å². The van der Waals surface area contributed by atoms with Gasteiger partial charge in [-0.25, -0.2) is 0 Å². The fourth-order valence-corrected chi connectivity index (χ4v) is 7.98. The van der Waals surface area contributed by atoms with Gasteiger partial charge >= 0.3 is 0 Å². The molecule has 0 spiro atoms. The van der Waals surface area contributed by atoms with E-state index in [9.17, 15) is 0 Å². The summed E-state index contributed by atoms with van der Waals surface area (Å²) in [5.74, 6) is 0.233. The SMILES string of the molecule is C1=CCCC(n2c3ccccc3c3cc(C4=CC5c6ccccc6N(c6cccc7c6oc6ccccc67)C5C=C4)ccc32)=C1. The molecule has 0 fully saturated rings. The molecule has 1 aliphatic heterocycles. The van der Waals surface area contributed by atoms with E-state index in [1.54, 1.807) is 0 Å². The Labute approximate surface area is 261 Å². The van der Waals surface area contributed by atoms with Crippen LogP contribution >= 0.6 is 0 Å². The van der Waals surface area contributed by atoms with E-state index in [-0.39, 0.29) is 12.0 Å². The van der Waals surface area contributed by atoms with Crippen molar-refractivity contribution >= 4 is 66.4 Å². The van der Waals surface area contributed by atoms with E-state index in [2.05, 4.69) is 149 Å². The summed E-state index contributed by atoms with van der Waals surface area (Å²) in [7, 11) is 0. The fourth-order valence-electron chi connectivity index (χ4n) is 7.98. The molecule has 3 heteroatoms. The number of allylic oxidation sites excluding steroid dienone is 6. The van der Waals surface area contributed by atoms with E-state index in [1.807, 2.05) is 6.07 Å². The Morgan fingerprint density at radius 2 is 1.49 bits per heavy atom. The van der Waals surface area contributed by atoms with Gasteiger partial charge in [-0.2, -0.15) is 0 Å². The minimum Gasteiger partial charge on any atom is -0.454 e. The molecule has 0 saturated carbocycles. The molecule has 2 aliphatic carbocycles. The summed E-state index contributed by atoms with van der Waals surface area (Å²) < 4.78 is 8.97. The number of benzene rings is 5. The molecule has 5 aromatic carbocycles. The second-order valence-electron chi connectivity index (χ2n) is 12.4. The molecule has 214 valence electrons. The van der Waals surface area contributed by atoms with E-state index in [0.29, 0.717) is 0 Å². The van der Waals surface area contributed by atoms with Gasteiger partial charge in [0.15, 0.2) is 5.58 Å². The molecule has 3 nitrogen and oxygen atoms in total. The summed E-state index contributed by atoms with van der Waals surface area (Å²) in [5.41, 5.74) is 12.0. The quantitative estimate of drug-likeness (QED) is 0.208. The Morgan fingerprint density at radius 1 is 0.689 bits per heavy atom. The highest BCUT2D eigenvalue weighted by atomic mass is 16.3. The van der Waals surface area contributed by atoms with Crippen LogP contribution in [-0.4, -0.2) is 10.6 Å². The predicted molar refractivity (Wildman–Crippen MR) is 188 cm³/mol. The Morgan fingerprint density at radius 3 is 2.42 bits per heavy atom. The van der Waals surface area contributed by atoms with Gasteiger partial charge in [0, 0.05) is 38.8 Å². The molecule has 7 aromatic rings. The Kier molecular flexibility index (Phi) is 5.23. The standard InChI is InChI=1S/C42H30N2O/c1-2-11-29(12-3-1)43-36-17-7-4-13-30(36)34-25-27(21-23-38(34)43)28-22-24-39-35(26-28)31-14-5-8-18-37(31)44(39)40-19-10-16-33-32-15-6-9-20-41(32)45-42(33)40/h1-2,4-11,13-26,35,39H,3,12H2. The monoisotopic (exact) mass is 578 g/mol. The van der Waals surface area contributed by atoms with Crippen molar-refractivity contribution < 1.29 is 4.42 Å². The second kappa shape index (κ2) is 9.48. The Balaban J connectivity index is 1.10. The first kappa shape index (κ1) is 24.9. The molecule has 3 aliphatic rings. The number of aromatic nitrogens is 1. The van der Waals surface area contributed by atoms with Gasteiger partial charge in [0.2, 0.25) is 0 Å². The van der Waals surface area contributed by atoms with E-state index in [1.165, 1.54) is 49.9 Å². The van der Waals surface area contributed by atoms with Gasteiger partial charge in [0.25, 0.3) is 0 Å². The third-order valence-corrected chi connectivity index (χ3v) is 9.98. The molecule has 2 atom stereocenters. The highest BCUT2D eigenvalue weighted by Crippen LogP contribution is 2.51. The zero-order valence-corrected chi connectivity index (χ0v) is 24.7. The minimum atomic E-state index is 0.168. The summed E-state index contributed by atoms with van der Waals surface area (Å²) in [6.45, 7) is 0. The smallest absolute Gasteiger partial charge is 0.159 e. The van der Waals surface area contributed by atoms with Crippen LogP contribution in [0.1, 0.15) is 29.9 Å². The second-order valence-corrected chi connectivity index (χ2v) is 12.4. The van der Waals surface area contributed by atoms with Crippen molar-refractivity contribution in [3.05, 3.63) is 157 Å². The normalized spacial score (nSPS) is 19.0. The van der Waals surface area contributed by atoms with Crippen LogP contribution in [-0.2, 0) is 0 Å².